The normalized spacial score (nSPS) is 17.6. The Bertz CT molecular complexity index is 374. The number of nitrogens with one attached hydrogen (secondary N) is 1. The fourth-order valence-corrected chi connectivity index (χ4v) is 1.68. The molecule has 0 aromatic carbocycles. The Balaban J connectivity index is 2.44. The van der Waals surface area contributed by atoms with Gasteiger partial charge < -0.3 is 5.32 Å². The van der Waals surface area contributed by atoms with E-state index in [1.807, 2.05) is 0 Å². The lowest BCUT2D eigenvalue weighted by molar-refractivity contribution is -0.138. The van der Waals surface area contributed by atoms with Gasteiger partial charge in [-0.05, 0) is 11.6 Å². The summed E-state index contributed by atoms with van der Waals surface area (Å²) in [5.41, 5.74) is -0.445. The number of hydrogen-bond donors (Lipinski definition) is 1. The van der Waals surface area contributed by atoms with Gasteiger partial charge in [0.15, 0.2) is 0 Å². The molecule has 0 atom stereocenters. The van der Waals surface area contributed by atoms with Gasteiger partial charge in [0.25, 0.3) is 0 Å². The van der Waals surface area contributed by atoms with E-state index in [1.54, 1.807) is 0 Å². The third-order valence-electron chi connectivity index (χ3n) is 2.43. The second-order valence-electron chi connectivity index (χ2n) is 3.45. The van der Waals surface area contributed by atoms with E-state index in [2.05, 4.69) is 10.3 Å². The zero-order chi connectivity index (χ0) is 11.1. The highest BCUT2D eigenvalue weighted by molar-refractivity contribution is 6.29. The number of pyridine rings is 1. The van der Waals surface area contributed by atoms with Crippen molar-refractivity contribution in [2.45, 2.75) is 12.1 Å². The molecule has 0 spiro atoms. The van der Waals surface area contributed by atoms with E-state index in [0.29, 0.717) is 13.1 Å². The number of nitrogens with zero attached hydrogens (tertiary/aromatic N) is 1. The van der Waals surface area contributed by atoms with Crippen molar-refractivity contribution in [3.05, 3.63) is 28.5 Å². The fourth-order valence-electron chi connectivity index (χ4n) is 1.52. The minimum Gasteiger partial charge on any atom is -0.315 e. The Morgan fingerprint density at radius 3 is 2.53 bits per heavy atom. The molecule has 2 nitrogen and oxygen atoms in total. The zero-order valence-electron chi connectivity index (χ0n) is 7.61. The summed E-state index contributed by atoms with van der Waals surface area (Å²) in [7, 11) is 0. The van der Waals surface area contributed by atoms with E-state index >= 15 is 0 Å². The lowest BCUT2D eigenvalue weighted by Crippen LogP contribution is -2.40. The summed E-state index contributed by atoms with van der Waals surface area (Å²) in [6.45, 7) is 1.12. The van der Waals surface area contributed by atoms with Gasteiger partial charge in [-0.3, -0.25) is 0 Å². The van der Waals surface area contributed by atoms with Gasteiger partial charge >= 0.3 is 6.18 Å². The smallest absolute Gasteiger partial charge is 0.315 e. The van der Waals surface area contributed by atoms with Gasteiger partial charge in [-0.25, -0.2) is 4.98 Å². The molecule has 6 heteroatoms. The molecule has 1 fully saturated rings. The highest BCUT2D eigenvalue weighted by Crippen LogP contribution is 2.36. The summed E-state index contributed by atoms with van der Waals surface area (Å²) >= 11 is 5.46. The van der Waals surface area contributed by atoms with E-state index in [9.17, 15) is 13.2 Å². The quantitative estimate of drug-likeness (QED) is 0.758. The molecule has 0 radical (unpaired) electrons. The maximum atomic E-state index is 12.6. The van der Waals surface area contributed by atoms with Crippen molar-refractivity contribution in [2.75, 3.05) is 13.1 Å². The van der Waals surface area contributed by atoms with Gasteiger partial charge in [0.2, 0.25) is 0 Å². The largest absolute Gasteiger partial charge is 0.416 e. The van der Waals surface area contributed by atoms with Crippen LogP contribution in [-0.2, 0) is 6.18 Å². The van der Waals surface area contributed by atoms with Crippen LogP contribution in [-0.4, -0.2) is 18.1 Å². The first-order valence-electron chi connectivity index (χ1n) is 4.42. The molecule has 1 aromatic rings. The Labute approximate surface area is 89.5 Å². The number of halogens is 4. The summed E-state index contributed by atoms with van der Waals surface area (Å²) in [6.07, 6.45) is -3.14. The minimum absolute atomic E-state index is 0.105. The first-order valence-corrected chi connectivity index (χ1v) is 4.79. The number of aromatic nitrogens is 1. The molecule has 0 saturated carbocycles. The van der Waals surface area contributed by atoms with Crippen LogP contribution in [0.3, 0.4) is 0 Å². The highest BCUT2D eigenvalue weighted by atomic mass is 35.5. The van der Waals surface area contributed by atoms with Crippen LogP contribution in [0, 0.1) is 0 Å². The molecule has 1 N–H and O–H groups in total. The summed E-state index contributed by atoms with van der Waals surface area (Å²) < 4.78 is 37.9. The summed E-state index contributed by atoms with van der Waals surface area (Å²) in [6, 6.07) is 0.884. The molecule has 15 heavy (non-hydrogen) atoms. The third-order valence-corrected chi connectivity index (χ3v) is 2.63. The van der Waals surface area contributed by atoms with Crippen LogP contribution in [0.25, 0.3) is 0 Å². The second-order valence-corrected chi connectivity index (χ2v) is 3.83. The maximum Gasteiger partial charge on any atom is 0.416 e. The van der Waals surface area contributed by atoms with E-state index in [-0.39, 0.29) is 16.6 Å². The van der Waals surface area contributed by atoms with Crippen molar-refractivity contribution in [1.82, 2.24) is 10.3 Å². The van der Waals surface area contributed by atoms with Gasteiger partial charge in [-0.2, -0.15) is 13.2 Å². The molecule has 1 aliphatic heterocycles. The monoisotopic (exact) mass is 236 g/mol. The van der Waals surface area contributed by atoms with E-state index in [0.717, 1.165) is 6.07 Å². The lowest BCUT2D eigenvalue weighted by atomic mass is 9.91. The number of rotatable bonds is 1. The molecule has 1 saturated heterocycles. The topological polar surface area (TPSA) is 24.9 Å². The first kappa shape index (κ1) is 10.7. The van der Waals surface area contributed by atoms with Crippen LogP contribution in [0.15, 0.2) is 12.3 Å². The Morgan fingerprint density at radius 1 is 1.40 bits per heavy atom. The number of hydrogen-bond acceptors (Lipinski definition) is 2. The van der Waals surface area contributed by atoms with Crippen molar-refractivity contribution >= 4 is 11.6 Å². The molecule has 0 bridgehead atoms. The number of alkyl halides is 3. The van der Waals surface area contributed by atoms with Crippen molar-refractivity contribution in [3.63, 3.8) is 0 Å². The predicted molar refractivity (Wildman–Crippen MR) is 49.9 cm³/mol. The molecule has 1 aromatic heterocycles. The summed E-state index contributed by atoms with van der Waals surface area (Å²) in [5, 5.41) is 2.80. The van der Waals surface area contributed by atoms with Crippen LogP contribution in [0.4, 0.5) is 13.2 Å². The molecule has 0 amide bonds. The van der Waals surface area contributed by atoms with Gasteiger partial charge in [-0.1, -0.05) is 11.6 Å². The molecular weight excluding hydrogens is 229 g/mol. The van der Waals surface area contributed by atoms with Crippen molar-refractivity contribution in [1.29, 1.82) is 0 Å². The van der Waals surface area contributed by atoms with Crippen LogP contribution >= 0.6 is 11.6 Å². The predicted octanol–water partition coefficient (Wildman–Crippen LogP) is 2.44. The standard InChI is InChI=1S/C9H8ClF3N2/c10-8-1-7(9(11,12)13)6(4-15-8)5-2-14-3-5/h1,4-5,14H,2-3H2. The van der Waals surface area contributed by atoms with Crippen LogP contribution < -0.4 is 5.32 Å². The van der Waals surface area contributed by atoms with E-state index < -0.39 is 11.7 Å². The van der Waals surface area contributed by atoms with Gasteiger partial charge in [-0.15, -0.1) is 0 Å². The van der Waals surface area contributed by atoms with Crippen LogP contribution in [0.1, 0.15) is 17.0 Å². The van der Waals surface area contributed by atoms with E-state index in [4.69, 9.17) is 11.6 Å². The Hall–Kier alpha value is -0.810. The molecule has 1 aliphatic rings. The van der Waals surface area contributed by atoms with Crippen LogP contribution in [0.5, 0.6) is 0 Å². The van der Waals surface area contributed by atoms with Crippen molar-refractivity contribution < 1.29 is 13.2 Å². The summed E-state index contributed by atoms with van der Waals surface area (Å²) in [5.74, 6) is -0.105. The molecule has 2 heterocycles. The van der Waals surface area contributed by atoms with Gasteiger partial charge in [0.05, 0.1) is 5.56 Å². The maximum absolute atomic E-state index is 12.6. The van der Waals surface area contributed by atoms with Crippen molar-refractivity contribution in [3.8, 4) is 0 Å². The Morgan fingerprint density at radius 2 is 2.07 bits per heavy atom. The molecule has 2 rings (SSSR count). The average molecular weight is 237 g/mol. The molecular formula is C9H8ClF3N2. The molecule has 0 aliphatic carbocycles. The second kappa shape index (κ2) is 3.64. The lowest BCUT2D eigenvalue weighted by Gasteiger charge is -2.29. The average Bonchev–Trinajstić information content (AvgIpc) is 2.03. The highest BCUT2D eigenvalue weighted by Gasteiger charge is 2.37. The van der Waals surface area contributed by atoms with Crippen molar-refractivity contribution in [2.24, 2.45) is 0 Å². The zero-order valence-corrected chi connectivity index (χ0v) is 8.36. The fraction of sp³-hybridized carbons (Fsp3) is 0.444. The van der Waals surface area contributed by atoms with Gasteiger partial charge in [0, 0.05) is 25.2 Å². The Kier molecular flexibility index (Phi) is 2.60. The first-order chi connectivity index (χ1) is 6.98. The van der Waals surface area contributed by atoms with Crippen LogP contribution in [0.2, 0.25) is 5.15 Å². The summed E-state index contributed by atoms with van der Waals surface area (Å²) in [4.78, 5) is 3.69. The van der Waals surface area contributed by atoms with Gasteiger partial charge in [0.1, 0.15) is 5.15 Å². The molecule has 82 valence electrons. The molecule has 0 unspecified atom stereocenters. The van der Waals surface area contributed by atoms with E-state index in [1.165, 1.54) is 6.20 Å². The third kappa shape index (κ3) is 2.08. The minimum atomic E-state index is -4.36. The SMILES string of the molecule is FC(F)(F)c1cc(Cl)ncc1C1CNC1.